The fourth-order valence-corrected chi connectivity index (χ4v) is 4.06. The molecule has 7 nitrogen and oxygen atoms in total. The van der Waals surface area contributed by atoms with Gasteiger partial charge in [0.2, 0.25) is 5.88 Å². The van der Waals surface area contributed by atoms with Crippen molar-refractivity contribution in [2.24, 2.45) is 12.0 Å². The van der Waals surface area contributed by atoms with Gasteiger partial charge < -0.3 is 15.4 Å². The molecule has 7 heteroatoms. The lowest BCUT2D eigenvalue weighted by atomic mass is 9.98. The van der Waals surface area contributed by atoms with E-state index in [2.05, 4.69) is 46.5 Å². The molecule has 164 valence electrons. The van der Waals surface area contributed by atoms with Crippen molar-refractivity contribution in [2.75, 3.05) is 7.05 Å². The molecule has 1 saturated carbocycles. The van der Waals surface area contributed by atoms with Gasteiger partial charge in [0.25, 0.3) is 0 Å². The fraction of sp³-hybridized carbons (Fsp3) is 0.609. The van der Waals surface area contributed by atoms with Crippen LogP contribution in [0.15, 0.2) is 23.3 Å². The van der Waals surface area contributed by atoms with Gasteiger partial charge in [-0.05, 0) is 70.1 Å². The molecule has 0 amide bonds. The summed E-state index contributed by atoms with van der Waals surface area (Å²) >= 11 is 0. The summed E-state index contributed by atoms with van der Waals surface area (Å²) in [4.78, 5) is 8.77. The van der Waals surface area contributed by atoms with Crippen molar-refractivity contribution in [1.29, 1.82) is 0 Å². The Hall–Kier alpha value is -2.57. The first-order chi connectivity index (χ1) is 14.5. The normalized spacial score (nSPS) is 16.4. The topological polar surface area (TPSA) is 76.4 Å². The van der Waals surface area contributed by atoms with E-state index in [0.29, 0.717) is 12.6 Å². The summed E-state index contributed by atoms with van der Waals surface area (Å²) in [5, 5.41) is 11.4. The number of aromatic nitrogens is 3. The first-order valence-electron chi connectivity index (χ1n) is 11.0. The Labute approximate surface area is 180 Å². The molecule has 30 heavy (non-hydrogen) atoms. The Morgan fingerprint density at radius 2 is 2.07 bits per heavy atom. The summed E-state index contributed by atoms with van der Waals surface area (Å²) < 4.78 is 8.04. The molecule has 2 heterocycles. The molecule has 1 unspecified atom stereocenters. The predicted octanol–water partition coefficient (Wildman–Crippen LogP) is 3.44. The van der Waals surface area contributed by atoms with Gasteiger partial charge in [0.1, 0.15) is 6.10 Å². The zero-order valence-electron chi connectivity index (χ0n) is 19.0. The molecule has 2 N–H and O–H groups in total. The van der Waals surface area contributed by atoms with Gasteiger partial charge >= 0.3 is 0 Å². The number of ether oxygens (including phenoxy) is 1. The first kappa shape index (κ1) is 22.1. The quantitative estimate of drug-likeness (QED) is 0.538. The maximum atomic E-state index is 6.09. The number of aliphatic imine (C=N–C) groups is 1. The van der Waals surface area contributed by atoms with Crippen molar-refractivity contribution in [1.82, 2.24) is 25.4 Å². The average Bonchev–Trinajstić information content (AvgIpc) is 2.98. The van der Waals surface area contributed by atoms with E-state index in [1.54, 1.807) is 7.05 Å². The zero-order valence-corrected chi connectivity index (χ0v) is 19.0. The maximum absolute atomic E-state index is 6.09. The molecule has 1 aliphatic rings. The van der Waals surface area contributed by atoms with Crippen LogP contribution in [0.25, 0.3) is 0 Å². The molecule has 0 aromatic carbocycles. The van der Waals surface area contributed by atoms with Gasteiger partial charge in [-0.3, -0.25) is 9.67 Å². The Bertz CT molecular complexity index is 853. The van der Waals surface area contributed by atoms with Gasteiger partial charge in [-0.2, -0.15) is 5.10 Å². The van der Waals surface area contributed by atoms with Crippen molar-refractivity contribution >= 4 is 5.96 Å². The SMILES string of the molecule is CN=C(NCc1ccnc(OC2CCCCC2)c1)NC(C)Cc1c(C)nn(C)c1C. The second-order valence-electron chi connectivity index (χ2n) is 8.33. The highest BCUT2D eigenvalue weighted by molar-refractivity contribution is 5.79. The van der Waals surface area contributed by atoms with E-state index < -0.39 is 0 Å². The molecule has 0 saturated heterocycles. The van der Waals surface area contributed by atoms with E-state index in [4.69, 9.17) is 4.74 Å². The third kappa shape index (κ3) is 5.97. The standard InChI is InChI=1S/C23H36N6O/c1-16(13-21-17(2)28-29(5)18(21)3)27-23(24-4)26-15-19-11-12-25-22(14-19)30-20-9-7-6-8-10-20/h11-12,14,16,20H,6-10,13,15H2,1-5H3,(H2,24,26,27). The Morgan fingerprint density at radius 3 is 2.73 bits per heavy atom. The van der Waals surface area contributed by atoms with Crippen molar-refractivity contribution < 1.29 is 4.74 Å². The minimum Gasteiger partial charge on any atom is -0.474 e. The number of hydrogen-bond donors (Lipinski definition) is 2. The maximum Gasteiger partial charge on any atom is 0.213 e. The predicted molar refractivity (Wildman–Crippen MR) is 121 cm³/mol. The molecule has 0 aliphatic heterocycles. The molecule has 2 aromatic heterocycles. The third-order valence-corrected chi connectivity index (χ3v) is 5.87. The van der Waals surface area contributed by atoms with Gasteiger partial charge in [0, 0.05) is 44.6 Å². The second-order valence-corrected chi connectivity index (χ2v) is 8.33. The summed E-state index contributed by atoms with van der Waals surface area (Å²) in [5.74, 6) is 1.51. The zero-order chi connectivity index (χ0) is 21.5. The molecule has 0 radical (unpaired) electrons. The highest BCUT2D eigenvalue weighted by Crippen LogP contribution is 2.22. The van der Waals surface area contributed by atoms with Gasteiger partial charge in [0.15, 0.2) is 5.96 Å². The highest BCUT2D eigenvalue weighted by atomic mass is 16.5. The van der Waals surface area contributed by atoms with E-state index in [9.17, 15) is 0 Å². The summed E-state index contributed by atoms with van der Waals surface area (Å²) in [7, 11) is 3.79. The van der Waals surface area contributed by atoms with Crippen LogP contribution in [-0.4, -0.2) is 39.9 Å². The van der Waals surface area contributed by atoms with E-state index in [-0.39, 0.29) is 6.04 Å². The van der Waals surface area contributed by atoms with E-state index >= 15 is 0 Å². The van der Waals surface area contributed by atoms with Gasteiger partial charge in [-0.15, -0.1) is 0 Å². The molecule has 0 bridgehead atoms. The second kappa shape index (κ2) is 10.5. The Balaban J connectivity index is 1.51. The van der Waals surface area contributed by atoms with Crippen LogP contribution in [0.3, 0.4) is 0 Å². The van der Waals surface area contributed by atoms with E-state index in [1.165, 1.54) is 30.5 Å². The number of nitrogens with zero attached hydrogens (tertiary/aromatic N) is 4. The fourth-order valence-electron chi connectivity index (χ4n) is 4.06. The molecule has 1 aliphatic carbocycles. The molecule has 3 rings (SSSR count). The van der Waals surface area contributed by atoms with Gasteiger partial charge in [-0.25, -0.2) is 4.98 Å². The average molecular weight is 413 g/mol. The number of rotatable bonds is 7. The highest BCUT2D eigenvalue weighted by Gasteiger charge is 2.16. The van der Waals surface area contributed by atoms with Crippen LogP contribution in [0.1, 0.15) is 61.5 Å². The molecule has 2 aromatic rings. The molecule has 0 spiro atoms. The number of hydrogen-bond acceptors (Lipinski definition) is 4. The number of pyridine rings is 1. The molecule has 1 atom stereocenters. The smallest absolute Gasteiger partial charge is 0.213 e. The van der Waals surface area contributed by atoms with Gasteiger partial charge in [0.05, 0.1) is 5.69 Å². The summed E-state index contributed by atoms with van der Waals surface area (Å²) in [5.41, 5.74) is 4.73. The van der Waals surface area contributed by atoms with Crippen molar-refractivity contribution in [2.45, 2.75) is 78.0 Å². The summed E-state index contributed by atoms with van der Waals surface area (Å²) in [6.07, 6.45) is 9.13. The van der Waals surface area contributed by atoms with Crippen LogP contribution in [0.5, 0.6) is 5.88 Å². The number of guanidine groups is 1. The van der Waals surface area contributed by atoms with Gasteiger partial charge in [-0.1, -0.05) is 6.42 Å². The number of nitrogens with one attached hydrogen (secondary N) is 2. The lowest BCUT2D eigenvalue weighted by Gasteiger charge is -2.22. The molecular weight excluding hydrogens is 376 g/mol. The van der Waals surface area contributed by atoms with Crippen LogP contribution < -0.4 is 15.4 Å². The Morgan fingerprint density at radius 1 is 1.30 bits per heavy atom. The minimum absolute atomic E-state index is 0.237. The lowest BCUT2D eigenvalue weighted by molar-refractivity contribution is 0.148. The third-order valence-electron chi connectivity index (χ3n) is 5.87. The minimum atomic E-state index is 0.237. The van der Waals surface area contributed by atoms with E-state index in [1.807, 2.05) is 30.1 Å². The molecular formula is C23H36N6O. The van der Waals surface area contributed by atoms with Crippen molar-refractivity contribution in [3.8, 4) is 5.88 Å². The van der Waals surface area contributed by atoms with Crippen LogP contribution in [0, 0.1) is 13.8 Å². The van der Waals surface area contributed by atoms with Crippen LogP contribution >= 0.6 is 0 Å². The van der Waals surface area contributed by atoms with Crippen molar-refractivity contribution in [3.05, 3.63) is 40.8 Å². The first-order valence-corrected chi connectivity index (χ1v) is 11.0. The molecule has 1 fully saturated rings. The largest absolute Gasteiger partial charge is 0.474 e. The van der Waals surface area contributed by atoms with Crippen LogP contribution in [-0.2, 0) is 20.0 Å². The Kier molecular flexibility index (Phi) is 7.71. The summed E-state index contributed by atoms with van der Waals surface area (Å²) in [6.45, 7) is 7.02. The van der Waals surface area contributed by atoms with E-state index in [0.717, 1.165) is 42.4 Å². The lowest BCUT2D eigenvalue weighted by Crippen LogP contribution is -2.42. The van der Waals surface area contributed by atoms with Crippen LogP contribution in [0.4, 0.5) is 0 Å². The summed E-state index contributed by atoms with van der Waals surface area (Å²) in [6, 6.07) is 4.28. The number of aryl methyl sites for hydroxylation is 2. The van der Waals surface area contributed by atoms with Crippen molar-refractivity contribution in [3.63, 3.8) is 0 Å². The van der Waals surface area contributed by atoms with Crippen LogP contribution in [0.2, 0.25) is 0 Å². The monoisotopic (exact) mass is 412 g/mol.